The maximum absolute atomic E-state index is 12.2. The third kappa shape index (κ3) is 4.51. The number of rotatable bonds is 4. The molecule has 2 aromatic heterocycles. The van der Waals surface area contributed by atoms with Gasteiger partial charge in [-0.05, 0) is 29.8 Å². The molecule has 1 amide bonds. The van der Waals surface area contributed by atoms with E-state index in [0.717, 1.165) is 25.2 Å². The number of aliphatic hydroxyl groups is 1. The van der Waals surface area contributed by atoms with Gasteiger partial charge < -0.3 is 19.8 Å². The number of amides is 1. The van der Waals surface area contributed by atoms with Crippen LogP contribution in [0.5, 0.6) is 0 Å². The summed E-state index contributed by atoms with van der Waals surface area (Å²) in [5.74, 6) is 4.05. The number of carboxylic acids is 1. The lowest BCUT2D eigenvalue weighted by atomic mass is 10.0. The average Bonchev–Trinajstić information content (AvgIpc) is 3.37. The van der Waals surface area contributed by atoms with E-state index >= 15 is 0 Å². The molecule has 5 rings (SSSR count). The van der Waals surface area contributed by atoms with Gasteiger partial charge in [0.05, 0.1) is 24.4 Å². The van der Waals surface area contributed by atoms with Crippen molar-refractivity contribution in [3.05, 3.63) is 59.5 Å². The van der Waals surface area contributed by atoms with Gasteiger partial charge in [-0.3, -0.25) is 14.1 Å². The fraction of sp³-hybridized carbons (Fsp3) is 0.346. The van der Waals surface area contributed by atoms with Gasteiger partial charge in [0, 0.05) is 57.0 Å². The van der Waals surface area contributed by atoms with Crippen LogP contribution in [0.15, 0.2) is 42.6 Å². The summed E-state index contributed by atoms with van der Waals surface area (Å²) in [5.41, 5.74) is 1.89. The predicted molar refractivity (Wildman–Crippen MR) is 128 cm³/mol. The van der Waals surface area contributed by atoms with E-state index in [2.05, 4.69) is 21.7 Å². The van der Waals surface area contributed by atoms with E-state index in [1.807, 2.05) is 18.2 Å². The first-order valence-electron chi connectivity index (χ1n) is 11.5. The number of nitrogens with zero attached hydrogens (tertiary/aromatic N) is 4. The van der Waals surface area contributed by atoms with E-state index in [1.54, 1.807) is 35.8 Å². The van der Waals surface area contributed by atoms with Crippen LogP contribution in [0, 0.1) is 11.8 Å². The van der Waals surface area contributed by atoms with Crippen LogP contribution in [0.2, 0.25) is 0 Å². The molecule has 1 atom stereocenters. The molecule has 2 saturated heterocycles. The molecule has 3 aromatic rings. The van der Waals surface area contributed by atoms with Crippen molar-refractivity contribution in [1.29, 1.82) is 0 Å². The highest BCUT2D eigenvalue weighted by molar-refractivity contribution is 5.91. The molecular weight excluding hydrogens is 448 g/mol. The summed E-state index contributed by atoms with van der Waals surface area (Å²) in [6, 6.07) is 11.1. The molecule has 0 aliphatic carbocycles. The molecule has 9 nitrogen and oxygen atoms in total. The number of imidazole rings is 1. The van der Waals surface area contributed by atoms with Gasteiger partial charge in [-0.1, -0.05) is 24.0 Å². The van der Waals surface area contributed by atoms with E-state index in [9.17, 15) is 19.8 Å². The fourth-order valence-corrected chi connectivity index (χ4v) is 4.50. The third-order valence-corrected chi connectivity index (χ3v) is 6.47. The van der Waals surface area contributed by atoms with E-state index in [-0.39, 0.29) is 12.2 Å². The number of carboxylic acid groups (broad SMARTS) is 1. The smallest absolute Gasteiger partial charge is 0.372 e. The van der Waals surface area contributed by atoms with Crippen molar-refractivity contribution in [3.63, 3.8) is 0 Å². The van der Waals surface area contributed by atoms with Crippen LogP contribution < -0.4 is 0 Å². The molecule has 35 heavy (non-hydrogen) atoms. The minimum Gasteiger partial charge on any atom is -0.475 e. The lowest BCUT2D eigenvalue weighted by Crippen LogP contribution is -2.37. The van der Waals surface area contributed by atoms with E-state index in [4.69, 9.17) is 4.74 Å². The average molecular weight is 475 g/mol. The number of carbonyl (C=O) groups is 2. The van der Waals surface area contributed by atoms with Crippen LogP contribution in [0.25, 0.3) is 16.8 Å². The number of carbonyl (C=O) groups excluding carboxylic acids is 1. The Balaban J connectivity index is 1.51. The zero-order chi connectivity index (χ0) is 24.6. The molecule has 2 aliphatic heterocycles. The van der Waals surface area contributed by atoms with Gasteiger partial charge in [0.1, 0.15) is 0 Å². The Morgan fingerprint density at radius 3 is 2.71 bits per heavy atom. The van der Waals surface area contributed by atoms with Gasteiger partial charge >= 0.3 is 5.97 Å². The highest BCUT2D eigenvalue weighted by Gasteiger charge is 2.42. The molecule has 4 heterocycles. The number of likely N-dealkylation sites (tertiary alicyclic amines) is 1. The Kier molecular flexibility index (Phi) is 6.03. The molecule has 0 radical (unpaired) electrons. The molecule has 0 bridgehead atoms. The first-order chi connectivity index (χ1) is 16.8. The lowest BCUT2D eigenvalue weighted by molar-refractivity contribution is -0.137. The summed E-state index contributed by atoms with van der Waals surface area (Å²) in [6.07, 6.45) is 2.00. The maximum atomic E-state index is 12.2. The maximum Gasteiger partial charge on any atom is 0.372 e. The van der Waals surface area contributed by atoms with Gasteiger partial charge in [-0.25, -0.2) is 9.78 Å². The molecule has 1 unspecified atom stereocenters. The largest absolute Gasteiger partial charge is 0.475 e. The number of fused-ring (bicyclic) bond motifs is 1. The standard InChI is InChI=1S/C26H26N4O5/c1-28-10-8-26(34,25(28)33)7-5-18-3-2-4-20(15-18)22-21-16-19(17-29-11-13-35-14-12-29)6-9-30(21)23(27-22)24(31)32/h2-4,6,9,15-16,34H,8,10-14,17H2,1H3,(H,31,32). The number of aromatic carboxylic acids is 1. The van der Waals surface area contributed by atoms with Crippen LogP contribution in [0.3, 0.4) is 0 Å². The zero-order valence-corrected chi connectivity index (χ0v) is 19.4. The Labute approximate surface area is 202 Å². The van der Waals surface area contributed by atoms with Crippen molar-refractivity contribution >= 4 is 17.4 Å². The summed E-state index contributed by atoms with van der Waals surface area (Å²) in [5, 5.41) is 20.3. The molecule has 9 heteroatoms. The van der Waals surface area contributed by atoms with Crippen molar-refractivity contribution in [2.45, 2.75) is 18.6 Å². The number of hydrogen-bond donors (Lipinski definition) is 2. The highest BCUT2D eigenvalue weighted by Crippen LogP contribution is 2.27. The summed E-state index contributed by atoms with van der Waals surface area (Å²) < 4.78 is 7.00. The summed E-state index contributed by atoms with van der Waals surface area (Å²) in [6.45, 7) is 4.29. The molecule has 180 valence electrons. The van der Waals surface area contributed by atoms with Gasteiger partial charge in [0.15, 0.2) is 0 Å². The lowest BCUT2D eigenvalue weighted by Gasteiger charge is -2.26. The number of ether oxygens (including phenoxy) is 1. The number of hydrogen-bond acceptors (Lipinski definition) is 6. The van der Waals surface area contributed by atoms with Crippen molar-refractivity contribution in [2.24, 2.45) is 0 Å². The van der Waals surface area contributed by atoms with Crippen LogP contribution in [0.1, 0.15) is 28.2 Å². The summed E-state index contributed by atoms with van der Waals surface area (Å²) in [4.78, 5) is 32.3. The number of pyridine rings is 1. The first kappa shape index (κ1) is 23.1. The quantitative estimate of drug-likeness (QED) is 0.552. The second-order valence-electron chi connectivity index (χ2n) is 8.94. The topological polar surface area (TPSA) is 108 Å². The molecular formula is C26H26N4O5. The van der Waals surface area contributed by atoms with Gasteiger partial charge in [0.2, 0.25) is 11.4 Å². The number of benzene rings is 1. The minimum absolute atomic E-state index is 0.0710. The first-order valence-corrected chi connectivity index (χ1v) is 11.5. The molecule has 2 fully saturated rings. The van der Waals surface area contributed by atoms with Gasteiger partial charge in [-0.15, -0.1) is 0 Å². The minimum atomic E-state index is -1.68. The zero-order valence-electron chi connectivity index (χ0n) is 19.4. The summed E-state index contributed by atoms with van der Waals surface area (Å²) >= 11 is 0. The highest BCUT2D eigenvalue weighted by atomic mass is 16.5. The van der Waals surface area contributed by atoms with E-state index in [1.165, 1.54) is 4.90 Å². The fourth-order valence-electron chi connectivity index (χ4n) is 4.50. The number of aromatic nitrogens is 2. The normalized spacial score (nSPS) is 20.7. The Morgan fingerprint density at radius 1 is 1.20 bits per heavy atom. The van der Waals surface area contributed by atoms with E-state index in [0.29, 0.717) is 42.1 Å². The van der Waals surface area contributed by atoms with Crippen LogP contribution in [0.4, 0.5) is 0 Å². The Hall–Kier alpha value is -3.71. The van der Waals surface area contributed by atoms with Crippen molar-refractivity contribution in [2.75, 3.05) is 39.9 Å². The molecule has 1 aromatic carbocycles. The molecule has 0 saturated carbocycles. The SMILES string of the molecule is CN1CCC(O)(C#Cc2cccc(-c3nc(C(=O)O)n4ccc(CN5CCOCC5)cc34)c2)C1=O. The third-order valence-electron chi connectivity index (χ3n) is 6.47. The molecule has 2 N–H and O–H groups in total. The Morgan fingerprint density at radius 2 is 2.00 bits per heavy atom. The van der Waals surface area contributed by atoms with Crippen LogP contribution in [-0.2, 0) is 16.1 Å². The summed E-state index contributed by atoms with van der Waals surface area (Å²) in [7, 11) is 1.64. The second-order valence-corrected chi connectivity index (χ2v) is 8.94. The predicted octanol–water partition coefficient (Wildman–Crippen LogP) is 1.48. The van der Waals surface area contributed by atoms with Crippen molar-refractivity contribution in [1.82, 2.24) is 19.2 Å². The molecule has 0 spiro atoms. The van der Waals surface area contributed by atoms with Crippen LogP contribution in [-0.4, -0.2) is 86.8 Å². The second kappa shape index (κ2) is 9.15. The van der Waals surface area contributed by atoms with Crippen molar-refractivity contribution in [3.8, 4) is 23.1 Å². The monoisotopic (exact) mass is 474 g/mol. The van der Waals surface area contributed by atoms with Gasteiger partial charge in [0.25, 0.3) is 5.91 Å². The van der Waals surface area contributed by atoms with E-state index < -0.39 is 17.5 Å². The molecule has 2 aliphatic rings. The van der Waals surface area contributed by atoms with Crippen LogP contribution >= 0.6 is 0 Å². The van der Waals surface area contributed by atoms with Gasteiger partial charge in [-0.2, -0.15) is 0 Å². The number of likely N-dealkylation sites (N-methyl/N-ethyl adjacent to an activating group) is 1. The number of morpholine rings is 1. The van der Waals surface area contributed by atoms with Crippen molar-refractivity contribution < 1.29 is 24.5 Å². The Bertz CT molecular complexity index is 1370.